The fourth-order valence-electron chi connectivity index (χ4n) is 2.80. The molecule has 1 aromatic rings. The van der Waals surface area contributed by atoms with E-state index >= 15 is 0 Å². The van der Waals surface area contributed by atoms with E-state index < -0.39 is 0 Å². The van der Waals surface area contributed by atoms with Gasteiger partial charge in [0.15, 0.2) is 0 Å². The molecule has 1 aliphatic carbocycles. The molecular weight excluding hydrogens is 210 g/mol. The molecule has 17 heavy (non-hydrogen) atoms. The summed E-state index contributed by atoms with van der Waals surface area (Å²) in [5, 5.41) is 10.0. The van der Waals surface area contributed by atoms with E-state index in [0.717, 1.165) is 24.3 Å². The van der Waals surface area contributed by atoms with Gasteiger partial charge in [0, 0.05) is 12.4 Å². The Morgan fingerprint density at radius 2 is 2.12 bits per heavy atom. The number of nitrogens with zero attached hydrogens (tertiary/aromatic N) is 1. The van der Waals surface area contributed by atoms with Crippen LogP contribution < -0.4 is 0 Å². The second-order valence-electron chi connectivity index (χ2n) is 5.30. The van der Waals surface area contributed by atoms with Crippen LogP contribution in [0.3, 0.4) is 0 Å². The SMILES string of the molecule is OC(CCC1CCCCC1)Cc1cccnc1. The van der Waals surface area contributed by atoms with E-state index in [1.165, 1.54) is 38.5 Å². The van der Waals surface area contributed by atoms with Gasteiger partial charge < -0.3 is 5.11 Å². The number of aliphatic hydroxyl groups is 1. The zero-order valence-corrected chi connectivity index (χ0v) is 10.5. The number of hydrogen-bond acceptors (Lipinski definition) is 2. The third-order valence-corrected chi connectivity index (χ3v) is 3.83. The average molecular weight is 233 g/mol. The van der Waals surface area contributed by atoms with Gasteiger partial charge in [0.2, 0.25) is 0 Å². The lowest BCUT2D eigenvalue weighted by Crippen LogP contribution is -2.14. The predicted octanol–water partition coefficient (Wildman–Crippen LogP) is 3.35. The van der Waals surface area contributed by atoms with Crippen molar-refractivity contribution in [1.82, 2.24) is 4.98 Å². The van der Waals surface area contributed by atoms with Crippen molar-refractivity contribution in [2.75, 3.05) is 0 Å². The first-order valence-corrected chi connectivity index (χ1v) is 6.91. The van der Waals surface area contributed by atoms with E-state index in [4.69, 9.17) is 0 Å². The zero-order valence-electron chi connectivity index (χ0n) is 10.5. The van der Waals surface area contributed by atoms with Crippen LogP contribution in [-0.4, -0.2) is 16.2 Å². The Morgan fingerprint density at radius 1 is 1.29 bits per heavy atom. The van der Waals surface area contributed by atoms with Crippen molar-refractivity contribution in [2.45, 2.75) is 57.5 Å². The second kappa shape index (κ2) is 6.75. The van der Waals surface area contributed by atoms with E-state index in [-0.39, 0.29) is 6.10 Å². The topological polar surface area (TPSA) is 33.1 Å². The Bertz CT molecular complexity index is 306. The molecule has 0 amide bonds. The molecule has 2 heteroatoms. The van der Waals surface area contributed by atoms with Gasteiger partial charge in [-0.3, -0.25) is 4.98 Å². The molecule has 94 valence electrons. The van der Waals surface area contributed by atoms with Crippen LogP contribution in [0.15, 0.2) is 24.5 Å². The highest BCUT2D eigenvalue weighted by atomic mass is 16.3. The highest BCUT2D eigenvalue weighted by Crippen LogP contribution is 2.27. The lowest BCUT2D eigenvalue weighted by Gasteiger charge is -2.22. The van der Waals surface area contributed by atoms with Crippen LogP contribution in [0.2, 0.25) is 0 Å². The highest BCUT2D eigenvalue weighted by molar-refractivity contribution is 5.09. The molecule has 0 aliphatic heterocycles. The van der Waals surface area contributed by atoms with Gasteiger partial charge in [0.25, 0.3) is 0 Å². The largest absolute Gasteiger partial charge is 0.393 e. The van der Waals surface area contributed by atoms with Crippen LogP contribution in [0, 0.1) is 5.92 Å². The van der Waals surface area contributed by atoms with E-state index in [0.29, 0.717) is 0 Å². The number of hydrogen-bond donors (Lipinski definition) is 1. The molecule has 1 unspecified atom stereocenters. The van der Waals surface area contributed by atoms with E-state index in [2.05, 4.69) is 4.98 Å². The molecule has 1 saturated carbocycles. The van der Waals surface area contributed by atoms with Crippen LogP contribution in [0.5, 0.6) is 0 Å². The summed E-state index contributed by atoms with van der Waals surface area (Å²) in [6.07, 6.45) is 13.3. The molecule has 1 atom stereocenters. The second-order valence-corrected chi connectivity index (χ2v) is 5.30. The molecule has 0 saturated heterocycles. The van der Waals surface area contributed by atoms with Crippen molar-refractivity contribution in [3.63, 3.8) is 0 Å². The lowest BCUT2D eigenvalue weighted by atomic mass is 9.85. The first kappa shape index (κ1) is 12.6. The summed E-state index contributed by atoms with van der Waals surface area (Å²) >= 11 is 0. The third kappa shape index (κ3) is 4.47. The minimum atomic E-state index is -0.193. The van der Waals surface area contributed by atoms with Crippen molar-refractivity contribution in [1.29, 1.82) is 0 Å². The summed E-state index contributed by atoms with van der Waals surface area (Å²) < 4.78 is 0. The number of rotatable bonds is 5. The number of pyridine rings is 1. The maximum atomic E-state index is 10.0. The van der Waals surface area contributed by atoms with Crippen LogP contribution in [0.4, 0.5) is 0 Å². The first-order valence-electron chi connectivity index (χ1n) is 6.91. The molecule has 1 heterocycles. The lowest BCUT2D eigenvalue weighted by molar-refractivity contribution is 0.149. The highest BCUT2D eigenvalue weighted by Gasteiger charge is 2.15. The van der Waals surface area contributed by atoms with Gasteiger partial charge in [-0.05, 0) is 36.8 Å². The molecule has 0 spiro atoms. The normalized spacial score (nSPS) is 19.1. The van der Waals surface area contributed by atoms with Crippen molar-refractivity contribution >= 4 is 0 Å². The molecule has 2 rings (SSSR count). The van der Waals surface area contributed by atoms with Gasteiger partial charge in [0.1, 0.15) is 0 Å². The summed E-state index contributed by atoms with van der Waals surface area (Å²) in [7, 11) is 0. The Balaban J connectivity index is 1.68. The fourth-order valence-corrected chi connectivity index (χ4v) is 2.80. The van der Waals surface area contributed by atoms with Gasteiger partial charge in [-0.2, -0.15) is 0 Å². The molecule has 1 aromatic heterocycles. The summed E-state index contributed by atoms with van der Waals surface area (Å²) in [6, 6.07) is 3.97. The zero-order chi connectivity index (χ0) is 11.9. The van der Waals surface area contributed by atoms with Crippen molar-refractivity contribution in [2.24, 2.45) is 5.92 Å². The van der Waals surface area contributed by atoms with Crippen molar-refractivity contribution in [3.8, 4) is 0 Å². The molecular formula is C15H23NO. The Hall–Kier alpha value is -0.890. The summed E-state index contributed by atoms with van der Waals surface area (Å²) in [6.45, 7) is 0. The minimum Gasteiger partial charge on any atom is -0.393 e. The molecule has 0 bridgehead atoms. The van der Waals surface area contributed by atoms with Crippen LogP contribution in [-0.2, 0) is 6.42 Å². The van der Waals surface area contributed by atoms with Gasteiger partial charge in [0.05, 0.1) is 6.10 Å². The third-order valence-electron chi connectivity index (χ3n) is 3.83. The molecule has 1 fully saturated rings. The van der Waals surface area contributed by atoms with Crippen LogP contribution in [0.1, 0.15) is 50.5 Å². The Morgan fingerprint density at radius 3 is 2.82 bits per heavy atom. The molecule has 1 aliphatic rings. The minimum absolute atomic E-state index is 0.193. The van der Waals surface area contributed by atoms with E-state index in [9.17, 15) is 5.11 Å². The maximum absolute atomic E-state index is 10.0. The van der Waals surface area contributed by atoms with Gasteiger partial charge in [-0.15, -0.1) is 0 Å². The maximum Gasteiger partial charge on any atom is 0.0581 e. The fraction of sp³-hybridized carbons (Fsp3) is 0.667. The summed E-state index contributed by atoms with van der Waals surface area (Å²) in [5.74, 6) is 0.868. The standard InChI is InChI=1S/C15H23NO/c17-15(11-14-7-4-10-16-12-14)9-8-13-5-2-1-3-6-13/h4,7,10,12-13,15,17H,1-3,5-6,8-9,11H2. The first-order chi connectivity index (χ1) is 8.34. The average Bonchev–Trinajstić information content (AvgIpc) is 2.39. The molecule has 1 N–H and O–H groups in total. The Kier molecular flexibility index (Phi) is 4.99. The number of aromatic nitrogens is 1. The predicted molar refractivity (Wildman–Crippen MR) is 69.8 cm³/mol. The van der Waals surface area contributed by atoms with Gasteiger partial charge in [-0.25, -0.2) is 0 Å². The molecule has 0 radical (unpaired) electrons. The van der Waals surface area contributed by atoms with Crippen LogP contribution >= 0.6 is 0 Å². The summed E-state index contributed by atoms with van der Waals surface area (Å²) in [4.78, 5) is 4.08. The van der Waals surface area contributed by atoms with E-state index in [1.807, 2.05) is 18.3 Å². The van der Waals surface area contributed by atoms with Crippen LogP contribution in [0.25, 0.3) is 0 Å². The van der Waals surface area contributed by atoms with Gasteiger partial charge >= 0.3 is 0 Å². The summed E-state index contributed by atoms with van der Waals surface area (Å²) in [5.41, 5.74) is 1.14. The Labute approximate surface area is 104 Å². The molecule has 0 aromatic carbocycles. The van der Waals surface area contributed by atoms with Gasteiger partial charge in [-0.1, -0.05) is 38.2 Å². The number of aliphatic hydroxyl groups excluding tert-OH is 1. The monoisotopic (exact) mass is 233 g/mol. The molecule has 2 nitrogen and oxygen atoms in total. The smallest absolute Gasteiger partial charge is 0.0581 e. The quantitative estimate of drug-likeness (QED) is 0.846. The van der Waals surface area contributed by atoms with Crippen molar-refractivity contribution in [3.05, 3.63) is 30.1 Å². The van der Waals surface area contributed by atoms with Crippen molar-refractivity contribution < 1.29 is 5.11 Å². The van der Waals surface area contributed by atoms with E-state index in [1.54, 1.807) is 6.20 Å².